The number of amides is 1. The average Bonchev–Trinajstić information content (AvgIpc) is 2.98. The number of anilines is 1. The quantitative estimate of drug-likeness (QED) is 0.699. The molecule has 0 radical (unpaired) electrons. The number of nitrogens with zero attached hydrogens (tertiary/aromatic N) is 1. The van der Waals surface area contributed by atoms with E-state index in [1.165, 1.54) is 29.6 Å². The minimum absolute atomic E-state index is 0.0542. The number of benzene rings is 2. The van der Waals surface area contributed by atoms with Crippen molar-refractivity contribution in [1.29, 1.82) is 0 Å². The Balaban J connectivity index is 1.86. The van der Waals surface area contributed by atoms with E-state index in [4.69, 9.17) is 27.9 Å². The number of nitrogens with one attached hydrogen (secondary N) is 1. The molecule has 1 saturated heterocycles. The summed E-state index contributed by atoms with van der Waals surface area (Å²) in [5.74, 6) is 0.0252. The van der Waals surface area contributed by atoms with Gasteiger partial charge in [0, 0.05) is 24.3 Å². The van der Waals surface area contributed by atoms with Gasteiger partial charge < -0.3 is 10.1 Å². The fourth-order valence-corrected chi connectivity index (χ4v) is 5.49. The smallest absolute Gasteiger partial charge is 0.255 e. The van der Waals surface area contributed by atoms with Crippen molar-refractivity contribution in [2.45, 2.75) is 30.6 Å². The Hall–Kier alpha value is -1.80. The molecular formula is C20H22Cl2N2O4S. The first-order chi connectivity index (χ1) is 13.8. The lowest BCUT2D eigenvalue weighted by Gasteiger charge is -2.21. The molecule has 0 aromatic heterocycles. The normalized spacial score (nSPS) is 15.6. The van der Waals surface area contributed by atoms with Crippen LogP contribution in [0.15, 0.2) is 41.3 Å². The molecule has 9 heteroatoms. The number of halogens is 2. The maximum Gasteiger partial charge on any atom is 0.255 e. The van der Waals surface area contributed by atoms with E-state index < -0.39 is 15.9 Å². The Morgan fingerprint density at radius 1 is 1.00 bits per heavy atom. The van der Waals surface area contributed by atoms with E-state index in [0.29, 0.717) is 29.5 Å². The molecule has 1 fully saturated rings. The Bertz CT molecular complexity index is 1000. The highest BCUT2D eigenvalue weighted by atomic mass is 35.5. The first-order valence-corrected chi connectivity index (χ1v) is 11.5. The topological polar surface area (TPSA) is 75.7 Å². The van der Waals surface area contributed by atoms with Gasteiger partial charge in [-0.3, -0.25) is 4.79 Å². The van der Waals surface area contributed by atoms with Crippen LogP contribution in [0.1, 0.15) is 36.0 Å². The molecular weight excluding hydrogens is 435 g/mol. The summed E-state index contributed by atoms with van der Waals surface area (Å²) < 4.78 is 32.7. The van der Waals surface area contributed by atoms with Crippen molar-refractivity contribution in [2.24, 2.45) is 0 Å². The van der Waals surface area contributed by atoms with Crippen molar-refractivity contribution in [3.63, 3.8) is 0 Å². The van der Waals surface area contributed by atoms with Gasteiger partial charge in [0.1, 0.15) is 10.6 Å². The Labute approximate surface area is 180 Å². The molecule has 0 bridgehead atoms. The second-order valence-electron chi connectivity index (χ2n) is 6.77. The fraction of sp³-hybridized carbons (Fsp3) is 0.350. The van der Waals surface area contributed by atoms with Crippen molar-refractivity contribution >= 4 is 44.8 Å². The van der Waals surface area contributed by atoms with Crippen molar-refractivity contribution in [3.05, 3.63) is 52.0 Å². The van der Waals surface area contributed by atoms with Gasteiger partial charge in [0.25, 0.3) is 5.91 Å². The number of hydrogen-bond acceptors (Lipinski definition) is 4. The van der Waals surface area contributed by atoms with Crippen LogP contribution in [0.2, 0.25) is 10.0 Å². The van der Waals surface area contributed by atoms with Crippen molar-refractivity contribution < 1.29 is 17.9 Å². The van der Waals surface area contributed by atoms with Crippen LogP contribution in [0.25, 0.3) is 0 Å². The number of carbonyl (C=O) groups excluding carboxylic acids is 1. The van der Waals surface area contributed by atoms with Gasteiger partial charge in [-0.05, 0) is 49.2 Å². The molecule has 0 saturated carbocycles. The van der Waals surface area contributed by atoms with Crippen LogP contribution in [0.4, 0.5) is 5.69 Å². The van der Waals surface area contributed by atoms with Crippen molar-refractivity contribution in [1.82, 2.24) is 4.31 Å². The SMILES string of the molecule is COc1ccc(NC(=O)c2ccc(Cl)c(S(=O)(=O)N3CCCCCC3)c2)cc1Cl. The van der Waals surface area contributed by atoms with Gasteiger partial charge in [-0.15, -0.1) is 0 Å². The number of ether oxygens (including phenoxy) is 1. The summed E-state index contributed by atoms with van der Waals surface area (Å²) in [5.41, 5.74) is 0.655. The fourth-order valence-electron chi connectivity index (χ4n) is 3.21. The maximum atomic E-state index is 13.1. The molecule has 2 aromatic carbocycles. The minimum atomic E-state index is -3.78. The van der Waals surface area contributed by atoms with Crippen LogP contribution >= 0.6 is 23.2 Å². The molecule has 0 aliphatic carbocycles. The van der Waals surface area contributed by atoms with Crippen LogP contribution in [-0.4, -0.2) is 38.8 Å². The first-order valence-electron chi connectivity index (χ1n) is 9.27. The van der Waals surface area contributed by atoms with E-state index in [0.717, 1.165) is 25.7 Å². The van der Waals surface area contributed by atoms with Gasteiger partial charge in [0.2, 0.25) is 10.0 Å². The number of hydrogen-bond donors (Lipinski definition) is 1. The van der Waals surface area contributed by atoms with Crippen LogP contribution < -0.4 is 10.1 Å². The second kappa shape index (κ2) is 9.34. The Morgan fingerprint density at radius 2 is 1.69 bits per heavy atom. The number of sulfonamides is 1. The summed E-state index contributed by atoms with van der Waals surface area (Å²) >= 11 is 12.3. The van der Waals surface area contributed by atoms with E-state index in [9.17, 15) is 13.2 Å². The molecule has 3 rings (SSSR count). The molecule has 29 heavy (non-hydrogen) atoms. The molecule has 0 unspecified atom stereocenters. The maximum absolute atomic E-state index is 13.1. The van der Waals surface area contributed by atoms with Gasteiger partial charge in [0.05, 0.1) is 17.2 Å². The van der Waals surface area contributed by atoms with E-state index in [1.54, 1.807) is 18.2 Å². The monoisotopic (exact) mass is 456 g/mol. The third-order valence-corrected chi connectivity index (χ3v) is 7.46. The number of carbonyl (C=O) groups is 1. The number of methoxy groups -OCH3 is 1. The summed E-state index contributed by atoms with van der Waals surface area (Å²) in [7, 11) is -2.28. The van der Waals surface area contributed by atoms with E-state index in [1.807, 2.05) is 0 Å². The zero-order chi connectivity index (χ0) is 21.0. The lowest BCUT2D eigenvalue weighted by Crippen LogP contribution is -2.32. The van der Waals surface area contributed by atoms with Crippen LogP contribution in [-0.2, 0) is 10.0 Å². The molecule has 156 valence electrons. The molecule has 6 nitrogen and oxygen atoms in total. The third-order valence-electron chi connectivity index (χ3n) is 4.79. The predicted molar refractivity (Wildman–Crippen MR) is 115 cm³/mol. The number of rotatable bonds is 5. The molecule has 2 aromatic rings. The molecule has 0 spiro atoms. The Morgan fingerprint density at radius 3 is 2.31 bits per heavy atom. The van der Waals surface area contributed by atoms with Gasteiger partial charge in [-0.25, -0.2) is 8.42 Å². The summed E-state index contributed by atoms with van der Waals surface area (Å²) in [6.45, 7) is 0.916. The van der Waals surface area contributed by atoms with Gasteiger partial charge >= 0.3 is 0 Å². The standard InChI is InChI=1S/C20H22Cl2N2O4S/c1-28-18-9-7-15(13-17(18)22)23-20(25)14-6-8-16(21)19(12-14)29(26,27)24-10-4-2-3-5-11-24/h6-9,12-13H,2-5,10-11H2,1H3,(H,23,25). The van der Waals surface area contributed by atoms with E-state index >= 15 is 0 Å². The first kappa shape index (κ1) is 21.9. The van der Waals surface area contributed by atoms with E-state index in [2.05, 4.69) is 5.32 Å². The third kappa shape index (κ3) is 5.04. The van der Waals surface area contributed by atoms with Crippen molar-refractivity contribution in [3.8, 4) is 5.75 Å². The van der Waals surface area contributed by atoms with Crippen molar-refractivity contribution in [2.75, 3.05) is 25.5 Å². The largest absolute Gasteiger partial charge is 0.495 e. The van der Waals surface area contributed by atoms with E-state index in [-0.39, 0.29) is 15.5 Å². The molecule has 0 atom stereocenters. The molecule has 1 amide bonds. The molecule has 1 N–H and O–H groups in total. The highest BCUT2D eigenvalue weighted by Crippen LogP contribution is 2.29. The van der Waals surface area contributed by atoms with Gasteiger partial charge in [0.15, 0.2) is 0 Å². The molecule has 1 heterocycles. The molecule has 1 aliphatic heterocycles. The van der Waals surface area contributed by atoms with Gasteiger partial charge in [-0.2, -0.15) is 4.31 Å². The zero-order valence-electron chi connectivity index (χ0n) is 16.0. The minimum Gasteiger partial charge on any atom is -0.495 e. The highest BCUT2D eigenvalue weighted by molar-refractivity contribution is 7.89. The van der Waals surface area contributed by atoms with Crippen LogP contribution in [0.3, 0.4) is 0 Å². The van der Waals surface area contributed by atoms with Crippen LogP contribution in [0, 0.1) is 0 Å². The lowest BCUT2D eigenvalue weighted by molar-refractivity contribution is 0.102. The summed E-state index contributed by atoms with van der Waals surface area (Å²) in [5, 5.41) is 3.16. The average molecular weight is 457 g/mol. The lowest BCUT2D eigenvalue weighted by atomic mass is 10.2. The molecule has 1 aliphatic rings. The zero-order valence-corrected chi connectivity index (χ0v) is 18.3. The van der Waals surface area contributed by atoms with Gasteiger partial charge in [-0.1, -0.05) is 36.0 Å². The van der Waals surface area contributed by atoms with Crippen LogP contribution in [0.5, 0.6) is 5.75 Å². The summed E-state index contributed by atoms with van der Waals surface area (Å²) in [4.78, 5) is 12.6. The summed E-state index contributed by atoms with van der Waals surface area (Å²) in [6, 6.07) is 9.08. The second-order valence-corrected chi connectivity index (χ2v) is 9.49. The summed E-state index contributed by atoms with van der Waals surface area (Å²) in [6.07, 6.45) is 3.64. The highest BCUT2D eigenvalue weighted by Gasteiger charge is 2.28. The Kier molecular flexibility index (Phi) is 7.05. The predicted octanol–water partition coefficient (Wildman–Crippen LogP) is 4.82.